The summed E-state index contributed by atoms with van der Waals surface area (Å²) in [6.07, 6.45) is 5.17. The van der Waals surface area contributed by atoms with E-state index in [0.29, 0.717) is 5.13 Å². The average Bonchev–Trinajstić information content (AvgIpc) is 3.07. The third-order valence-electron chi connectivity index (χ3n) is 3.59. The van der Waals surface area contributed by atoms with Gasteiger partial charge in [0.15, 0.2) is 0 Å². The van der Waals surface area contributed by atoms with Gasteiger partial charge in [0.05, 0.1) is 4.92 Å². The highest BCUT2D eigenvalue weighted by molar-refractivity contribution is 7.13. The summed E-state index contributed by atoms with van der Waals surface area (Å²) in [4.78, 5) is 21.7. The number of thiazole rings is 1. The van der Waals surface area contributed by atoms with Gasteiger partial charge in [-0.2, -0.15) is 0 Å². The van der Waals surface area contributed by atoms with Gasteiger partial charge in [-0.25, -0.2) is 9.98 Å². The zero-order chi connectivity index (χ0) is 15.4. The van der Waals surface area contributed by atoms with Crippen LogP contribution in [0.1, 0.15) is 24.8 Å². The molecule has 2 heterocycles. The first-order valence-corrected chi connectivity index (χ1v) is 8.10. The number of non-ortho nitro benzene ring substituents is 1. The predicted molar refractivity (Wildman–Crippen MR) is 86.8 cm³/mol. The summed E-state index contributed by atoms with van der Waals surface area (Å²) < 4.78 is 0. The Balaban J connectivity index is 2.01. The molecule has 0 saturated carbocycles. The van der Waals surface area contributed by atoms with Gasteiger partial charge in [-0.3, -0.25) is 10.1 Å². The maximum atomic E-state index is 11.0. The number of hydrogen-bond donors (Lipinski definition) is 0. The second-order valence-electron chi connectivity index (χ2n) is 5.11. The maximum Gasteiger partial charge on any atom is 0.270 e. The van der Waals surface area contributed by atoms with E-state index in [2.05, 4.69) is 14.9 Å². The van der Waals surface area contributed by atoms with Crippen LogP contribution >= 0.6 is 11.3 Å². The van der Waals surface area contributed by atoms with E-state index in [4.69, 9.17) is 0 Å². The molecular weight excluding hydrogens is 300 g/mol. The molecule has 1 aliphatic rings. The Morgan fingerprint density at radius 2 is 2.14 bits per heavy atom. The minimum Gasteiger partial charge on any atom is -0.356 e. The zero-order valence-corrected chi connectivity index (χ0v) is 12.8. The fourth-order valence-electron chi connectivity index (χ4n) is 2.54. The van der Waals surface area contributed by atoms with Crippen LogP contribution in [0.4, 0.5) is 10.8 Å². The molecule has 7 heteroatoms. The first kappa shape index (κ1) is 14.6. The van der Waals surface area contributed by atoms with Crippen molar-refractivity contribution < 1.29 is 4.92 Å². The lowest BCUT2D eigenvalue weighted by Crippen LogP contribution is -2.36. The van der Waals surface area contributed by atoms with Gasteiger partial charge in [-0.15, -0.1) is 11.3 Å². The highest BCUT2D eigenvalue weighted by atomic mass is 32.1. The largest absolute Gasteiger partial charge is 0.356 e. The van der Waals surface area contributed by atoms with Crippen molar-refractivity contribution in [2.24, 2.45) is 4.99 Å². The fraction of sp³-hybridized carbons (Fsp3) is 0.333. The summed E-state index contributed by atoms with van der Waals surface area (Å²) in [7, 11) is 0. The van der Waals surface area contributed by atoms with E-state index in [1.54, 1.807) is 18.3 Å². The Labute approximate surface area is 132 Å². The number of rotatable bonds is 3. The Morgan fingerprint density at radius 3 is 2.82 bits per heavy atom. The quantitative estimate of drug-likeness (QED) is 0.375. The third-order valence-corrected chi connectivity index (χ3v) is 4.26. The smallest absolute Gasteiger partial charge is 0.270 e. The first-order valence-electron chi connectivity index (χ1n) is 7.22. The lowest BCUT2D eigenvalue weighted by molar-refractivity contribution is -0.384. The molecule has 1 saturated heterocycles. The number of likely N-dealkylation sites (tertiary alicyclic amines) is 1. The molecule has 0 bridgehead atoms. The second kappa shape index (κ2) is 6.65. The predicted octanol–water partition coefficient (Wildman–Crippen LogP) is 3.62. The Kier molecular flexibility index (Phi) is 4.43. The van der Waals surface area contributed by atoms with Crippen LogP contribution in [0.15, 0.2) is 40.8 Å². The van der Waals surface area contributed by atoms with E-state index >= 15 is 0 Å². The number of piperidine rings is 1. The van der Waals surface area contributed by atoms with E-state index in [1.165, 1.54) is 23.8 Å². The molecule has 0 amide bonds. The molecule has 0 atom stereocenters. The number of benzene rings is 1. The minimum absolute atomic E-state index is 0.0846. The van der Waals surface area contributed by atoms with Gasteiger partial charge in [0, 0.05) is 42.4 Å². The Hall–Kier alpha value is -2.28. The van der Waals surface area contributed by atoms with Crippen LogP contribution in [-0.2, 0) is 0 Å². The lowest BCUT2D eigenvalue weighted by Gasteiger charge is -2.29. The van der Waals surface area contributed by atoms with Crippen LogP contribution in [0, 0.1) is 10.1 Å². The van der Waals surface area contributed by atoms with Gasteiger partial charge >= 0.3 is 0 Å². The van der Waals surface area contributed by atoms with Crippen LogP contribution in [0.5, 0.6) is 0 Å². The molecule has 1 fully saturated rings. The third kappa shape index (κ3) is 3.30. The number of nitro groups is 1. The monoisotopic (exact) mass is 316 g/mol. The average molecular weight is 316 g/mol. The number of aliphatic imine (C=N–C) groups is 1. The van der Waals surface area contributed by atoms with E-state index in [0.717, 1.165) is 37.3 Å². The fourth-order valence-corrected chi connectivity index (χ4v) is 3.05. The zero-order valence-electron chi connectivity index (χ0n) is 12.0. The molecule has 0 radical (unpaired) electrons. The topological polar surface area (TPSA) is 71.6 Å². The summed E-state index contributed by atoms with van der Waals surface area (Å²) >= 11 is 1.46. The molecule has 0 spiro atoms. The van der Waals surface area contributed by atoms with Crippen LogP contribution < -0.4 is 0 Å². The minimum atomic E-state index is -0.374. The number of aromatic nitrogens is 1. The van der Waals surface area contributed by atoms with Gasteiger partial charge in [0.25, 0.3) is 5.69 Å². The second-order valence-corrected chi connectivity index (χ2v) is 5.98. The summed E-state index contributed by atoms with van der Waals surface area (Å²) in [5.41, 5.74) is 0.854. The molecule has 0 aliphatic carbocycles. The standard InChI is InChI=1S/C15H16N4O2S/c20-19(21)13-6-4-5-12(11-13)14(17-15-16-7-10-22-15)18-8-2-1-3-9-18/h4-7,10-11H,1-3,8-9H2/b17-14+. The number of hydrogen-bond acceptors (Lipinski definition) is 5. The molecule has 0 N–H and O–H groups in total. The SMILES string of the molecule is O=[N+]([O-])c1cccc(/C(=N\c2nccs2)N2CCCCC2)c1. The molecule has 2 aromatic rings. The Bertz CT molecular complexity index is 679. The van der Waals surface area contributed by atoms with Gasteiger partial charge < -0.3 is 4.90 Å². The maximum absolute atomic E-state index is 11.0. The van der Waals surface area contributed by atoms with Crippen LogP contribution in [0.2, 0.25) is 0 Å². The molecule has 114 valence electrons. The Morgan fingerprint density at radius 1 is 1.32 bits per heavy atom. The van der Waals surface area contributed by atoms with Crippen molar-refractivity contribution in [1.82, 2.24) is 9.88 Å². The van der Waals surface area contributed by atoms with Crippen molar-refractivity contribution in [3.8, 4) is 0 Å². The molecule has 22 heavy (non-hydrogen) atoms. The van der Waals surface area contributed by atoms with Crippen molar-refractivity contribution in [3.05, 3.63) is 51.5 Å². The normalized spacial score (nSPS) is 15.8. The number of nitrogens with zero attached hydrogens (tertiary/aromatic N) is 4. The van der Waals surface area contributed by atoms with E-state index in [9.17, 15) is 10.1 Å². The molecule has 1 aliphatic heterocycles. The number of amidine groups is 1. The van der Waals surface area contributed by atoms with Crippen molar-refractivity contribution in [1.29, 1.82) is 0 Å². The highest BCUT2D eigenvalue weighted by Gasteiger charge is 2.19. The number of nitro benzene ring substituents is 1. The molecule has 0 unspecified atom stereocenters. The van der Waals surface area contributed by atoms with Crippen molar-refractivity contribution in [2.45, 2.75) is 19.3 Å². The summed E-state index contributed by atoms with van der Waals surface area (Å²) in [5.74, 6) is 0.776. The molecule has 1 aromatic carbocycles. The van der Waals surface area contributed by atoms with Crippen LogP contribution in [0.3, 0.4) is 0 Å². The van der Waals surface area contributed by atoms with Crippen molar-refractivity contribution in [2.75, 3.05) is 13.1 Å². The van der Waals surface area contributed by atoms with E-state index < -0.39 is 0 Å². The molecule has 6 nitrogen and oxygen atoms in total. The van der Waals surface area contributed by atoms with Gasteiger partial charge in [-0.05, 0) is 19.3 Å². The van der Waals surface area contributed by atoms with Crippen LogP contribution in [0.25, 0.3) is 0 Å². The van der Waals surface area contributed by atoms with Crippen molar-refractivity contribution >= 4 is 28.0 Å². The summed E-state index contributed by atoms with van der Waals surface area (Å²) in [5, 5.41) is 13.6. The first-order chi connectivity index (χ1) is 10.7. The van der Waals surface area contributed by atoms with Crippen LogP contribution in [-0.4, -0.2) is 33.7 Å². The molecular formula is C15H16N4O2S. The van der Waals surface area contributed by atoms with E-state index in [-0.39, 0.29) is 10.6 Å². The highest BCUT2D eigenvalue weighted by Crippen LogP contribution is 2.22. The van der Waals surface area contributed by atoms with Gasteiger partial charge in [0.2, 0.25) is 5.13 Å². The molecule has 3 rings (SSSR count). The lowest BCUT2D eigenvalue weighted by atomic mass is 10.1. The summed E-state index contributed by atoms with van der Waals surface area (Å²) in [6, 6.07) is 6.66. The summed E-state index contributed by atoms with van der Waals surface area (Å²) in [6.45, 7) is 1.85. The van der Waals surface area contributed by atoms with E-state index in [1.807, 2.05) is 11.4 Å². The van der Waals surface area contributed by atoms with Crippen molar-refractivity contribution in [3.63, 3.8) is 0 Å². The molecule has 1 aromatic heterocycles. The van der Waals surface area contributed by atoms with Gasteiger partial charge in [-0.1, -0.05) is 12.1 Å². The van der Waals surface area contributed by atoms with Gasteiger partial charge in [0.1, 0.15) is 5.84 Å².